The summed E-state index contributed by atoms with van der Waals surface area (Å²) in [6.45, 7) is 0. The first kappa shape index (κ1) is 14.3. The summed E-state index contributed by atoms with van der Waals surface area (Å²) in [7, 11) is -3.03. The van der Waals surface area contributed by atoms with Crippen molar-refractivity contribution >= 4 is 21.7 Å². The maximum absolute atomic E-state index is 11.9. The third kappa shape index (κ3) is 3.26. The van der Waals surface area contributed by atoms with Gasteiger partial charge in [0.05, 0.1) is 16.9 Å². The lowest BCUT2D eigenvalue weighted by molar-refractivity contribution is -0.151. The molecule has 2 N–H and O–H groups in total. The second-order valence-electron chi connectivity index (χ2n) is 5.64. The lowest BCUT2D eigenvalue weighted by Gasteiger charge is -2.23. The van der Waals surface area contributed by atoms with Crippen molar-refractivity contribution in [3.63, 3.8) is 0 Å². The molecule has 0 unspecified atom stereocenters. The third-order valence-corrected chi connectivity index (χ3v) is 5.88. The number of hydrogen-bond donors (Lipinski definition) is 2. The Labute approximate surface area is 112 Å². The van der Waals surface area contributed by atoms with Crippen LogP contribution >= 0.6 is 0 Å². The Balaban J connectivity index is 1.92. The maximum Gasteiger partial charge on any atom is 0.310 e. The first-order chi connectivity index (χ1) is 8.83. The Bertz CT molecular complexity index is 478. The Morgan fingerprint density at radius 1 is 1.26 bits per heavy atom. The summed E-state index contributed by atoms with van der Waals surface area (Å²) < 4.78 is 22.6. The molecule has 2 aliphatic rings. The van der Waals surface area contributed by atoms with Crippen molar-refractivity contribution in [3.05, 3.63) is 0 Å². The largest absolute Gasteiger partial charge is 0.481 e. The summed E-state index contributed by atoms with van der Waals surface area (Å²) in [5.74, 6) is -1.19. The van der Waals surface area contributed by atoms with Crippen LogP contribution in [-0.2, 0) is 19.4 Å². The number of carbonyl (C=O) groups is 2. The van der Waals surface area contributed by atoms with E-state index in [0.29, 0.717) is 19.3 Å². The van der Waals surface area contributed by atoms with Crippen LogP contribution in [0.1, 0.15) is 38.5 Å². The van der Waals surface area contributed by atoms with E-state index in [2.05, 4.69) is 5.32 Å². The van der Waals surface area contributed by atoms with Crippen molar-refractivity contribution in [2.24, 2.45) is 5.41 Å². The molecule has 7 heteroatoms. The molecule has 0 aromatic heterocycles. The van der Waals surface area contributed by atoms with Crippen LogP contribution in [0.4, 0.5) is 0 Å². The van der Waals surface area contributed by atoms with E-state index in [1.54, 1.807) is 0 Å². The summed E-state index contributed by atoms with van der Waals surface area (Å²) in [5.41, 5.74) is -0.943. The van der Waals surface area contributed by atoms with Crippen molar-refractivity contribution in [1.29, 1.82) is 0 Å². The SMILES string of the molecule is O=C(CC1(C(=O)O)CCCC1)N[C@@H]1CCS(=O)(=O)C1. The normalized spacial score (nSPS) is 28.1. The number of aliphatic carboxylic acids is 1. The van der Waals surface area contributed by atoms with E-state index in [1.165, 1.54) is 0 Å². The number of amides is 1. The molecule has 1 aliphatic heterocycles. The van der Waals surface area contributed by atoms with Crippen LogP contribution in [-0.4, -0.2) is 42.9 Å². The minimum Gasteiger partial charge on any atom is -0.481 e. The summed E-state index contributed by atoms with van der Waals surface area (Å²) in [6.07, 6.45) is 3.10. The maximum atomic E-state index is 11.9. The Kier molecular flexibility index (Phi) is 3.85. The van der Waals surface area contributed by atoms with Gasteiger partial charge in [0.1, 0.15) is 0 Å². The molecule has 0 aromatic rings. The number of sulfone groups is 1. The van der Waals surface area contributed by atoms with Crippen LogP contribution in [0, 0.1) is 5.41 Å². The molecule has 6 nitrogen and oxygen atoms in total. The van der Waals surface area contributed by atoms with Gasteiger partial charge in [0, 0.05) is 12.5 Å². The summed E-state index contributed by atoms with van der Waals surface area (Å²) in [4.78, 5) is 23.2. The van der Waals surface area contributed by atoms with Crippen LogP contribution in [0.2, 0.25) is 0 Å². The van der Waals surface area contributed by atoms with E-state index < -0.39 is 21.2 Å². The quantitative estimate of drug-likeness (QED) is 0.776. The molecular weight excluding hydrogens is 270 g/mol. The van der Waals surface area contributed by atoms with E-state index in [-0.39, 0.29) is 29.9 Å². The minimum atomic E-state index is -3.03. The van der Waals surface area contributed by atoms with Crippen molar-refractivity contribution in [3.8, 4) is 0 Å². The lowest BCUT2D eigenvalue weighted by Crippen LogP contribution is -2.40. The van der Waals surface area contributed by atoms with Crippen molar-refractivity contribution in [2.45, 2.75) is 44.6 Å². The summed E-state index contributed by atoms with van der Waals surface area (Å²) in [5, 5.41) is 11.9. The topological polar surface area (TPSA) is 101 Å². The Morgan fingerprint density at radius 3 is 2.37 bits per heavy atom. The molecule has 0 spiro atoms. The minimum absolute atomic E-state index is 0.0290. The fourth-order valence-electron chi connectivity index (χ4n) is 3.01. The molecule has 1 heterocycles. The molecule has 2 fully saturated rings. The highest BCUT2D eigenvalue weighted by atomic mass is 32.2. The molecule has 2 rings (SSSR count). The van der Waals surface area contributed by atoms with Crippen LogP contribution in [0.15, 0.2) is 0 Å². The van der Waals surface area contributed by atoms with Crippen molar-refractivity contribution in [2.75, 3.05) is 11.5 Å². The number of hydrogen-bond acceptors (Lipinski definition) is 4. The van der Waals surface area contributed by atoms with Gasteiger partial charge in [0.25, 0.3) is 0 Å². The highest BCUT2D eigenvalue weighted by Gasteiger charge is 2.43. The number of nitrogens with one attached hydrogen (secondary N) is 1. The number of carboxylic acid groups (broad SMARTS) is 1. The van der Waals surface area contributed by atoms with Crippen LogP contribution in [0.3, 0.4) is 0 Å². The van der Waals surface area contributed by atoms with Crippen LogP contribution in [0.25, 0.3) is 0 Å². The fraction of sp³-hybridized carbons (Fsp3) is 0.833. The molecule has 1 atom stereocenters. The first-order valence-corrected chi connectivity index (χ1v) is 8.38. The highest BCUT2D eigenvalue weighted by Crippen LogP contribution is 2.41. The zero-order chi connectivity index (χ0) is 14.1. The number of carbonyl (C=O) groups excluding carboxylic acids is 1. The van der Waals surface area contributed by atoms with E-state index in [0.717, 1.165) is 12.8 Å². The number of rotatable bonds is 4. The third-order valence-electron chi connectivity index (χ3n) is 4.11. The monoisotopic (exact) mass is 289 g/mol. The van der Waals surface area contributed by atoms with Crippen molar-refractivity contribution in [1.82, 2.24) is 5.32 Å². The molecule has 1 saturated carbocycles. The molecule has 108 valence electrons. The van der Waals surface area contributed by atoms with Crippen molar-refractivity contribution < 1.29 is 23.1 Å². The van der Waals surface area contributed by atoms with E-state index >= 15 is 0 Å². The molecular formula is C12H19NO5S. The van der Waals surface area contributed by atoms with Gasteiger partial charge in [0.2, 0.25) is 5.91 Å². The number of carboxylic acids is 1. The lowest BCUT2D eigenvalue weighted by atomic mass is 9.82. The van der Waals surface area contributed by atoms with Gasteiger partial charge in [-0.2, -0.15) is 0 Å². The van der Waals surface area contributed by atoms with Gasteiger partial charge in [0.15, 0.2) is 9.84 Å². The van der Waals surface area contributed by atoms with Gasteiger partial charge < -0.3 is 10.4 Å². The van der Waals surface area contributed by atoms with Gasteiger partial charge in [-0.15, -0.1) is 0 Å². The predicted molar refractivity (Wildman–Crippen MR) is 68.4 cm³/mol. The molecule has 0 aromatic carbocycles. The molecule has 1 amide bonds. The van der Waals surface area contributed by atoms with Gasteiger partial charge in [-0.1, -0.05) is 12.8 Å². The second kappa shape index (κ2) is 5.11. The summed E-state index contributed by atoms with van der Waals surface area (Å²) in [6, 6.07) is -0.357. The molecule has 0 bridgehead atoms. The Hall–Kier alpha value is -1.11. The van der Waals surface area contributed by atoms with Gasteiger partial charge >= 0.3 is 5.97 Å². The molecule has 1 aliphatic carbocycles. The van der Waals surface area contributed by atoms with Crippen LogP contribution in [0.5, 0.6) is 0 Å². The molecule has 0 radical (unpaired) electrons. The first-order valence-electron chi connectivity index (χ1n) is 6.56. The smallest absolute Gasteiger partial charge is 0.310 e. The zero-order valence-corrected chi connectivity index (χ0v) is 11.5. The Morgan fingerprint density at radius 2 is 1.89 bits per heavy atom. The van der Waals surface area contributed by atoms with Gasteiger partial charge in [-0.3, -0.25) is 9.59 Å². The van der Waals surface area contributed by atoms with Gasteiger partial charge in [-0.05, 0) is 19.3 Å². The van der Waals surface area contributed by atoms with Crippen LogP contribution < -0.4 is 5.32 Å². The second-order valence-corrected chi connectivity index (χ2v) is 7.87. The van der Waals surface area contributed by atoms with E-state index in [4.69, 9.17) is 0 Å². The summed E-state index contributed by atoms with van der Waals surface area (Å²) >= 11 is 0. The fourth-order valence-corrected chi connectivity index (χ4v) is 4.69. The van der Waals surface area contributed by atoms with Gasteiger partial charge in [-0.25, -0.2) is 8.42 Å². The zero-order valence-electron chi connectivity index (χ0n) is 10.7. The highest BCUT2D eigenvalue weighted by molar-refractivity contribution is 7.91. The molecule has 1 saturated heterocycles. The average Bonchev–Trinajstić information content (AvgIpc) is 2.86. The van der Waals surface area contributed by atoms with E-state index in [1.807, 2.05) is 0 Å². The van der Waals surface area contributed by atoms with E-state index in [9.17, 15) is 23.1 Å². The molecule has 19 heavy (non-hydrogen) atoms. The average molecular weight is 289 g/mol. The predicted octanol–water partition coefficient (Wildman–Crippen LogP) is 0.325. The standard InChI is InChI=1S/C12H19NO5S/c14-10(13-9-3-6-19(17,18)8-9)7-12(11(15)16)4-1-2-5-12/h9H,1-8H2,(H,13,14)(H,15,16)/t9-/m1/s1.